The van der Waals surface area contributed by atoms with E-state index >= 15 is 0 Å². The van der Waals surface area contributed by atoms with Gasteiger partial charge in [0, 0.05) is 13.2 Å². The Hall–Kier alpha value is -3.08. The molecule has 5 heteroatoms. The van der Waals surface area contributed by atoms with Gasteiger partial charge < -0.3 is 10.1 Å². The maximum Gasteiger partial charge on any atom is 0.276 e. The summed E-state index contributed by atoms with van der Waals surface area (Å²) in [6, 6.07) is 18.4. The first-order valence-corrected chi connectivity index (χ1v) is 6.85. The summed E-state index contributed by atoms with van der Waals surface area (Å²) in [7, 11) is 1.77. The van der Waals surface area contributed by atoms with Crippen molar-refractivity contribution in [2.75, 3.05) is 5.32 Å². The number of benzene rings is 2. The average Bonchev–Trinajstić information content (AvgIpc) is 2.97. The van der Waals surface area contributed by atoms with Crippen LogP contribution in [0.3, 0.4) is 0 Å². The van der Waals surface area contributed by atoms with Gasteiger partial charge in [-0.1, -0.05) is 30.3 Å². The number of anilines is 1. The first-order valence-electron chi connectivity index (χ1n) is 6.85. The highest BCUT2D eigenvalue weighted by Crippen LogP contribution is 2.29. The maximum atomic E-state index is 12.2. The van der Waals surface area contributed by atoms with Gasteiger partial charge >= 0.3 is 0 Å². The molecule has 0 fully saturated rings. The van der Waals surface area contributed by atoms with Gasteiger partial charge in [0.2, 0.25) is 0 Å². The number of aryl methyl sites for hydroxylation is 1. The molecule has 0 aliphatic heterocycles. The van der Waals surface area contributed by atoms with E-state index in [4.69, 9.17) is 4.74 Å². The molecule has 1 aromatic heterocycles. The Morgan fingerprint density at radius 2 is 1.77 bits per heavy atom. The second kappa shape index (κ2) is 6.13. The number of para-hydroxylation sites is 3. The van der Waals surface area contributed by atoms with E-state index < -0.39 is 0 Å². The third-order valence-corrected chi connectivity index (χ3v) is 3.05. The fourth-order valence-corrected chi connectivity index (χ4v) is 2.00. The van der Waals surface area contributed by atoms with Crippen LogP contribution in [0.25, 0.3) is 0 Å². The Bertz CT molecular complexity index is 781. The molecule has 22 heavy (non-hydrogen) atoms. The molecule has 0 aliphatic carbocycles. The van der Waals surface area contributed by atoms with Gasteiger partial charge in [0.25, 0.3) is 5.91 Å². The normalized spacial score (nSPS) is 10.2. The lowest BCUT2D eigenvalue weighted by Crippen LogP contribution is -2.13. The van der Waals surface area contributed by atoms with Crippen LogP contribution in [0.5, 0.6) is 11.5 Å². The molecule has 1 amide bonds. The molecular formula is C17H15N3O2. The fraction of sp³-hybridized carbons (Fsp3) is 0.0588. The molecule has 0 radical (unpaired) electrons. The zero-order valence-electron chi connectivity index (χ0n) is 12.1. The zero-order chi connectivity index (χ0) is 15.4. The minimum Gasteiger partial charge on any atom is -0.455 e. The van der Waals surface area contributed by atoms with Crippen molar-refractivity contribution in [2.45, 2.75) is 0 Å². The minimum atomic E-state index is -0.273. The van der Waals surface area contributed by atoms with Crippen LogP contribution in [-0.4, -0.2) is 15.7 Å². The molecule has 0 aliphatic rings. The van der Waals surface area contributed by atoms with E-state index in [1.165, 1.54) is 0 Å². The number of amides is 1. The van der Waals surface area contributed by atoms with Crippen molar-refractivity contribution in [1.29, 1.82) is 0 Å². The highest BCUT2D eigenvalue weighted by atomic mass is 16.5. The Balaban J connectivity index is 1.81. The maximum absolute atomic E-state index is 12.2. The Morgan fingerprint density at radius 3 is 2.50 bits per heavy atom. The van der Waals surface area contributed by atoms with Crippen molar-refractivity contribution >= 4 is 11.6 Å². The Kier molecular flexibility index (Phi) is 3.87. The molecule has 110 valence electrons. The number of hydrogen-bond donors (Lipinski definition) is 1. The minimum absolute atomic E-state index is 0.273. The van der Waals surface area contributed by atoms with Crippen molar-refractivity contribution in [3.8, 4) is 11.5 Å². The number of hydrogen-bond acceptors (Lipinski definition) is 3. The topological polar surface area (TPSA) is 56.2 Å². The summed E-state index contributed by atoms with van der Waals surface area (Å²) in [5.41, 5.74) is 0.957. The molecule has 0 saturated carbocycles. The molecule has 1 N–H and O–H groups in total. The van der Waals surface area contributed by atoms with E-state index in [2.05, 4.69) is 10.4 Å². The summed E-state index contributed by atoms with van der Waals surface area (Å²) in [5.74, 6) is 1.02. The SMILES string of the molecule is Cn1ccc(C(=O)Nc2ccccc2Oc2ccccc2)n1. The van der Waals surface area contributed by atoms with Crippen LogP contribution in [0, 0.1) is 0 Å². The van der Waals surface area contributed by atoms with Crippen molar-refractivity contribution in [1.82, 2.24) is 9.78 Å². The van der Waals surface area contributed by atoms with E-state index in [1.54, 1.807) is 36.1 Å². The summed E-state index contributed by atoms with van der Waals surface area (Å²) in [6.07, 6.45) is 1.72. The molecule has 3 rings (SSSR count). The second-order valence-electron chi connectivity index (χ2n) is 4.74. The summed E-state index contributed by atoms with van der Waals surface area (Å²) in [6.45, 7) is 0. The molecule has 2 aromatic carbocycles. The van der Waals surface area contributed by atoms with Gasteiger partial charge in [0.05, 0.1) is 5.69 Å². The van der Waals surface area contributed by atoms with Crippen LogP contribution < -0.4 is 10.1 Å². The van der Waals surface area contributed by atoms with Crippen molar-refractivity contribution in [2.24, 2.45) is 7.05 Å². The summed E-state index contributed by atoms with van der Waals surface area (Å²) in [4.78, 5) is 12.2. The van der Waals surface area contributed by atoms with E-state index in [0.717, 1.165) is 0 Å². The van der Waals surface area contributed by atoms with Crippen LogP contribution >= 0.6 is 0 Å². The third-order valence-electron chi connectivity index (χ3n) is 3.05. The standard InChI is InChI=1S/C17H15N3O2/c1-20-12-11-15(19-20)17(21)18-14-9-5-6-10-16(14)22-13-7-3-2-4-8-13/h2-12H,1H3,(H,18,21). The molecule has 0 spiro atoms. The number of carbonyl (C=O) groups is 1. The third kappa shape index (κ3) is 3.15. The average molecular weight is 293 g/mol. The predicted octanol–water partition coefficient (Wildman–Crippen LogP) is 3.46. The molecule has 0 unspecified atom stereocenters. The largest absolute Gasteiger partial charge is 0.455 e. The van der Waals surface area contributed by atoms with Crippen molar-refractivity contribution in [3.63, 3.8) is 0 Å². The van der Waals surface area contributed by atoms with E-state index in [-0.39, 0.29) is 5.91 Å². The molecule has 0 bridgehead atoms. The summed E-state index contributed by atoms with van der Waals surface area (Å²) >= 11 is 0. The van der Waals surface area contributed by atoms with Crippen molar-refractivity contribution in [3.05, 3.63) is 72.6 Å². The zero-order valence-corrected chi connectivity index (χ0v) is 12.1. The number of rotatable bonds is 4. The number of nitrogens with zero attached hydrogens (tertiary/aromatic N) is 2. The first kappa shape index (κ1) is 13.9. The van der Waals surface area contributed by atoms with Gasteiger partial charge in [-0.3, -0.25) is 9.48 Å². The smallest absolute Gasteiger partial charge is 0.276 e. The molecule has 5 nitrogen and oxygen atoms in total. The fourth-order valence-electron chi connectivity index (χ4n) is 2.00. The van der Waals surface area contributed by atoms with Gasteiger partial charge in [0.15, 0.2) is 11.4 Å². The molecule has 3 aromatic rings. The van der Waals surface area contributed by atoms with Gasteiger partial charge in [-0.2, -0.15) is 5.10 Å². The molecule has 0 atom stereocenters. The van der Waals surface area contributed by atoms with Crippen LogP contribution in [-0.2, 0) is 7.05 Å². The lowest BCUT2D eigenvalue weighted by atomic mass is 10.2. The predicted molar refractivity (Wildman–Crippen MR) is 84.1 cm³/mol. The Labute approximate surface area is 128 Å². The van der Waals surface area contributed by atoms with E-state index in [9.17, 15) is 4.79 Å². The second-order valence-corrected chi connectivity index (χ2v) is 4.74. The first-order chi connectivity index (χ1) is 10.7. The molecular weight excluding hydrogens is 278 g/mol. The van der Waals surface area contributed by atoms with Gasteiger partial charge in [-0.15, -0.1) is 0 Å². The van der Waals surface area contributed by atoms with E-state index in [0.29, 0.717) is 22.9 Å². The van der Waals surface area contributed by atoms with Crippen LogP contribution in [0.1, 0.15) is 10.5 Å². The molecule has 0 saturated heterocycles. The van der Waals surface area contributed by atoms with Gasteiger partial charge in [-0.05, 0) is 30.3 Å². The van der Waals surface area contributed by atoms with Gasteiger partial charge in [-0.25, -0.2) is 0 Å². The van der Waals surface area contributed by atoms with Crippen LogP contribution in [0.15, 0.2) is 66.9 Å². The quantitative estimate of drug-likeness (QED) is 0.801. The monoisotopic (exact) mass is 293 g/mol. The molecule has 1 heterocycles. The number of nitrogens with one attached hydrogen (secondary N) is 1. The van der Waals surface area contributed by atoms with Crippen LogP contribution in [0.4, 0.5) is 5.69 Å². The lowest BCUT2D eigenvalue weighted by molar-refractivity contribution is 0.102. The number of carbonyl (C=O) groups excluding carboxylic acids is 1. The summed E-state index contributed by atoms with van der Waals surface area (Å²) in [5, 5.41) is 6.90. The van der Waals surface area contributed by atoms with Gasteiger partial charge in [0.1, 0.15) is 5.75 Å². The highest BCUT2D eigenvalue weighted by Gasteiger charge is 2.12. The highest BCUT2D eigenvalue weighted by molar-refractivity contribution is 6.03. The summed E-state index contributed by atoms with van der Waals surface area (Å²) < 4.78 is 7.40. The number of ether oxygens (including phenoxy) is 1. The van der Waals surface area contributed by atoms with Crippen LogP contribution in [0.2, 0.25) is 0 Å². The van der Waals surface area contributed by atoms with E-state index in [1.807, 2.05) is 42.5 Å². The number of aromatic nitrogens is 2. The van der Waals surface area contributed by atoms with Crippen molar-refractivity contribution < 1.29 is 9.53 Å². The Morgan fingerprint density at radius 1 is 1.05 bits per heavy atom. The lowest BCUT2D eigenvalue weighted by Gasteiger charge is -2.11.